The van der Waals surface area contributed by atoms with Crippen molar-refractivity contribution in [1.82, 2.24) is 14.8 Å². The van der Waals surface area contributed by atoms with Crippen molar-refractivity contribution < 1.29 is 17.6 Å². The summed E-state index contributed by atoms with van der Waals surface area (Å²) in [4.78, 5) is 3.62. The van der Waals surface area contributed by atoms with Crippen LogP contribution in [0.25, 0.3) is 11.1 Å². The lowest BCUT2D eigenvalue weighted by Crippen LogP contribution is -2.29. The molecule has 2 aromatic heterocycles. The molecule has 1 fully saturated rings. The van der Waals surface area contributed by atoms with Crippen LogP contribution >= 0.6 is 11.6 Å². The Morgan fingerprint density at radius 3 is 2.65 bits per heavy atom. The van der Waals surface area contributed by atoms with Crippen LogP contribution in [0, 0.1) is 22.6 Å². The van der Waals surface area contributed by atoms with Gasteiger partial charge in [-0.2, -0.15) is 23.5 Å². The normalized spacial score (nSPS) is 16.2. The summed E-state index contributed by atoms with van der Waals surface area (Å²) in [5.74, 6) is -0.853. The summed E-state index contributed by atoms with van der Waals surface area (Å²) in [6.45, 7) is -0.291. The van der Waals surface area contributed by atoms with Crippen LogP contribution in [0.2, 0.25) is 5.15 Å². The fourth-order valence-electron chi connectivity index (χ4n) is 2.33. The van der Waals surface area contributed by atoms with E-state index in [4.69, 9.17) is 16.9 Å². The molecular formula is C14H9ClF4N4. The van der Waals surface area contributed by atoms with Gasteiger partial charge in [-0.1, -0.05) is 11.6 Å². The van der Waals surface area contributed by atoms with Crippen molar-refractivity contribution in [2.75, 3.05) is 0 Å². The van der Waals surface area contributed by atoms with E-state index in [2.05, 4.69) is 10.1 Å². The Balaban J connectivity index is 1.89. The maximum Gasteiger partial charge on any atom is 0.396 e. The molecule has 0 amide bonds. The van der Waals surface area contributed by atoms with Crippen LogP contribution < -0.4 is 0 Å². The van der Waals surface area contributed by atoms with E-state index in [1.54, 1.807) is 6.07 Å². The summed E-state index contributed by atoms with van der Waals surface area (Å²) in [7, 11) is 0. The van der Waals surface area contributed by atoms with Crippen LogP contribution in [0.4, 0.5) is 17.6 Å². The predicted octanol–water partition coefficient (Wildman–Crippen LogP) is 3.95. The molecule has 0 unspecified atom stereocenters. The van der Waals surface area contributed by atoms with E-state index < -0.39 is 23.1 Å². The Bertz CT molecular complexity index is 802. The molecule has 3 rings (SSSR count). The molecule has 0 radical (unpaired) electrons. The highest BCUT2D eigenvalue weighted by Gasteiger charge is 2.63. The van der Waals surface area contributed by atoms with Crippen molar-refractivity contribution in [2.45, 2.75) is 25.6 Å². The zero-order chi connectivity index (χ0) is 16.8. The van der Waals surface area contributed by atoms with E-state index in [1.807, 2.05) is 0 Å². The van der Waals surface area contributed by atoms with Crippen molar-refractivity contribution >= 4 is 11.6 Å². The largest absolute Gasteiger partial charge is 0.396 e. The number of rotatable bonds is 3. The van der Waals surface area contributed by atoms with Crippen molar-refractivity contribution in [3.05, 3.63) is 35.1 Å². The van der Waals surface area contributed by atoms with Gasteiger partial charge in [0.25, 0.3) is 0 Å². The highest BCUT2D eigenvalue weighted by molar-refractivity contribution is 6.32. The SMILES string of the molecule is N#Cc1nc(Cl)c(-c2cnn(CC3(C(F)(F)F)CC3)c2)cc1F. The van der Waals surface area contributed by atoms with Gasteiger partial charge in [-0.25, -0.2) is 9.37 Å². The minimum absolute atomic E-state index is 0.0689. The number of halogens is 5. The van der Waals surface area contributed by atoms with E-state index in [0.29, 0.717) is 5.56 Å². The molecule has 0 atom stereocenters. The third kappa shape index (κ3) is 2.77. The van der Waals surface area contributed by atoms with E-state index in [9.17, 15) is 17.6 Å². The van der Waals surface area contributed by atoms with Crippen molar-refractivity contribution in [2.24, 2.45) is 5.41 Å². The number of hydrogen-bond donors (Lipinski definition) is 0. The molecule has 0 aromatic carbocycles. The van der Waals surface area contributed by atoms with Gasteiger partial charge in [0, 0.05) is 17.3 Å². The molecule has 1 aliphatic carbocycles. The molecule has 2 heterocycles. The Kier molecular flexibility index (Phi) is 3.56. The predicted molar refractivity (Wildman–Crippen MR) is 72.9 cm³/mol. The summed E-state index contributed by atoms with van der Waals surface area (Å²) in [6, 6.07) is 2.58. The first-order chi connectivity index (χ1) is 10.8. The van der Waals surface area contributed by atoms with Crippen LogP contribution in [0.5, 0.6) is 0 Å². The average molecular weight is 345 g/mol. The minimum Gasteiger partial charge on any atom is -0.271 e. The lowest BCUT2D eigenvalue weighted by molar-refractivity contribution is -0.191. The number of pyridine rings is 1. The van der Waals surface area contributed by atoms with Crippen LogP contribution in [0.15, 0.2) is 18.5 Å². The van der Waals surface area contributed by atoms with Gasteiger partial charge >= 0.3 is 6.18 Å². The van der Waals surface area contributed by atoms with Gasteiger partial charge in [0.05, 0.1) is 18.2 Å². The Morgan fingerprint density at radius 2 is 2.09 bits per heavy atom. The summed E-state index contributed by atoms with van der Waals surface area (Å²) in [5, 5.41) is 12.5. The Labute approximate surface area is 133 Å². The molecule has 0 spiro atoms. The smallest absolute Gasteiger partial charge is 0.271 e. The summed E-state index contributed by atoms with van der Waals surface area (Å²) in [5.41, 5.74) is -1.66. The maximum atomic E-state index is 13.6. The molecule has 9 heteroatoms. The first-order valence-corrected chi connectivity index (χ1v) is 6.99. The minimum atomic E-state index is -4.28. The molecule has 1 saturated carbocycles. The Hall–Kier alpha value is -2.14. The monoisotopic (exact) mass is 344 g/mol. The van der Waals surface area contributed by atoms with Crippen molar-refractivity contribution in [1.29, 1.82) is 5.26 Å². The van der Waals surface area contributed by atoms with Gasteiger partial charge in [0.15, 0.2) is 11.5 Å². The summed E-state index contributed by atoms with van der Waals surface area (Å²) >= 11 is 5.90. The highest BCUT2D eigenvalue weighted by Crippen LogP contribution is 2.58. The Morgan fingerprint density at radius 1 is 1.39 bits per heavy atom. The zero-order valence-electron chi connectivity index (χ0n) is 11.5. The number of nitriles is 1. The second kappa shape index (κ2) is 5.20. The standard InChI is InChI=1S/C14H9ClF4N4/c15-12-9(3-10(16)11(4-20)22-12)8-5-21-23(6-8)7-13(1-2-13)14(17,18)19/h3,5-6H,1-2,7H2. The molecule has 4 nitrogen and oxygen atoms in total. The van der Waals surface area contributed by atoms with Gasteiger partial charge in [-0.05, 0) is 18.9 Å². The molecule has 1 aliphatic rings. The molecule has 0 saturated heterocycles. The van der Waals surface area contributed by atoms with Gasteiger partial charge in [-0.3, -0.25) is 4.68 Å². The lowest BCUT2D eigenvalue weighted by Gasteiger charge is -2.18. The number of alkyl halides is 3. The molecule has 120 valence electrons. The fraction of sp³-hybridized carbons (Fsp3) is 0.357. The fourth-order valence-corrected chi connectivity index (χ4v) is 2.58. The van der Waals surface area contributed by atoms with Crippen LogP contribution in [0.1, 0.15) is 18.5 Å². The molecule has 0 aliphatic heterocycles. The lowest BCUT2D eigenvalue weighted by atomic mass is 10.1. The first kappa shape index (κ1) is 15.7. The molecule has 2 aromatic rings. The zero-order valence-corrected chi connectivity index (χ0v) is 12.3. The van der Waals surface area contributed by atoms with Gasteiger partial charge in [-0.15, -0.1) is 0 Å². The summed E-state index contributed by atoms with van der Waals surface area (Å²) in [6.07, 6.45) is -1.49. The average Bonchev–Trinajstić information content (AvgIpc) is 3.12. The van der Waals surface area contributed by atoms with Crippen LogP contribution in [-0.2, 0) is 6.54 Å². The van der Waals surface area contributed by atoms with Gasteiger partial charge in [0.1, 0.15) is 11.2 Å². The second-order valence-corrected chi connectivity index (χ2v) is 5.83. The van der Waals surface area contributed by atoms with Crippen molar-refractivity contribution in [3.8, 4) is 17.2 Å². The number of nitrogens with zero attached hydrogens (tertiary/aromatic N) is 4. The summed E-state index contributed by atoms with van der Waals surface area (Å²) < 4.78 is 53.7. The first-order valence-electron chi connectivity index (χ1n) is 6.61. The number of hydrogen-bond acceptors (Lipinski definition) is 3. The molecular weight excluding hydrogens is 336 g/mol. The van der Waals surface area contributed by atoms with Crippen LogP contribution in [0.3, 0.4) is 0 Å². The maximum absolute atomic E-state index is 13.6. The van der Waals surface area contributed by atoms with E-state index in [-0.39, 0.29) is 30.1 Å². The molecule has 0 bridgehead atoms. The quantitative estimate of drug-likeness (QED) is 0.625. The van der Waals surface area contributed by atoms with Gasteiger partial charge in [0.2, 0.25) is 0 Å². The van der Waals surface area contributed by atoms with Crippen LogP contribution in [-0.4, -0.2) is 20.9 Å². The third-order valence-electron chi connectivity index (χ3n) is 3.90. The van der Waals surface area contributed by atoms with Crippen molar-refractivity contribution in [3.63, 3.8) is 0 Å². The molecule has 23 heavy (non-hydrogen) atoms. The topological polar surface area (TPSA) is 54.5 Å². The van der Waals surface area contributed by atoms with Gasteiger partial charge < -0.3 is 0 Å². The number of aromatic nitrogens is 3. The second-order valence-electron chi connectivity index (χ2n) is 5.47. The highest BCUT2D eigenvalue weighted by atomic mass is 35.5. The van der Waals surface area contributed by atoms with E-state index in [1.165, 1.54) is 17.1 Å². The molecule has 0 N–H and O–H groups in total. The third-order valence-corrected chi connectivity index (χ3v) is 4.19. The van der Waals surface area contributed by atoms with E-state index in [0.717, 1.165) is 6.07 Å². The van der Waals surface area contributed by atoms with E-state index >= 15 is 0 Å².